The van der Waals surface area contributed by atoms with Crippen LogP contribution in [0.1, 0.15) is 58.2 Å². The number of allylic oxidation sites excluding steroid dienone is 2. The largest absolute Gasteiger partial charge is 0.389 e. The molecule has 0 aromatic carbocycles. The topological polar surface area (TPSA) is 66.2 Å². The highest BCUT2D eigenvalue weighted by Crippen LogP contribution is 2.64. The molecule has 1 heterocycles. The molecular formula is C23H30N2O2. The molecule has 5 rings (SSSR count). The highest BCUT2D eigenvalue weighted by atomic mass is 16.3. The zero-order chi connectivity index (χ0) is 18.9. The first-order valence-corrected chi connectivity index (χ1v) is 10.4. The Labute approximate surface area is 161 Å². The lowest BCUT2D eigenvalue weighted by atomic mass is 9.46. The van der Waals surface area contributed by atoms with Gasteiger partial charge in [0, 0.05) is 18.8 Å². The second kappa shape index (κ2) is 5.74. The van der Waals surface area contributed by atoms with Crippen molar-refractivity contribution in [2.45, 2.75) is 64.1 Å². The van der Waals surface area contributed by atoms with E-state index in [2.05, 4.69) is 42.0 Å². The van der Waals surface area contributed by atoms with E-state index >= 15 is 0 Å². The van der Waals surface area contributed by atoms with Gasteiger partial charge in [0.2, 0.25) is 0 Å². The minimum atomic E-state index is -1.02. The van der Waals surface area contributed by atoms with E-state index in [1.807, 2.05) is 0 Å². The normalized spacial score (nSPS) is 48.4. The molecule has 2 N–H and O–H groups in total. The molecule has 0 amide bonds. The number of nitrogens with zero attached hydrogens (tertiary/aromatic N) is 2. The van der Waals surface area contributed by atoms with Crippen LogP contribution in [0.25, 0.3) is 0 Å². The Morgan fingerprint density at radius 3 is 2.63 bits per heavy atom. The van der Waals surface area contributed by atoms with E-state index in [0.717, 1.165) is 19.3 Å². The van der Waals surface area contributed by atoms with E-state index in [0.29, 0.717) is 36.4 Å². The van der Waals surface area contributed by atoms with E-state index in [1.165, 1.54) is 12.0 Å². The molecule has 0 aliphatic heterocycles. The summed E-state index contributed by atoms with van der Waals surface area (Å²) < 4.78 is 0. The average Bonchev–Trinajstić information content (AvgIpc) is 3.06. The number of aliphatic hydroxyl groups is 2. The van der Waals surface area contributed by atoms with E-state index < -0.39 is 11.7 Å². The maximum atomic E-state index is 11.3. The highest BCUT2D eigenvalue weighted by molar-refractivity contribution is 5.31. The minimum Gasteiger partial charge on any atom is -0.389 e. The molecule has 2 fully saturated rings. The summed E-state index contributed by atoms with van der Waals surface area (Å²) in [6, 6.07) is 1.78. The molecule has 4 aliphatic rings. The Hall–Kier alpha value is -1.52. The summed E-state index contributed by atoms with van der Waals surface area (Å²) in [5, 5.41) is 22.5. The molecular weight excluding hydrogens is 336 g/mol. The van der Waals surface area contributed by atoms with Gasteiger partial charge in [0.15, 0.2) is 5.82 Å². The van der Waals surface area contributed by atoms with Crippen molar-refractivity contribution in [2.24, 2.45) is 28.6 Å². The van der Waals surface area contributed by atoms with Crippen molar-refractivity contribution >= 4 is 0 Å². The van der Waals surface area contributed by atoms with E-state index in [1.54, 1.807) is 18.5 Å². The van der Waals surface area contributed by atoms with Crippen molar-refractivity contribution in [3.05, 3.63) is 48.1 Å². The van der Waals surface area contributed by atoms with Crippen molar-refractivity contribution in [1.82, 2.24) is 9.97 Å². The van der Waals surface area contributed by atoms with Gasteiger partial charge in [-0.2, -0.15) is 0 Å². The van der Waals surface area contributed by atoms with Gasteiger partial charge in [-0.3, -0.25) is 0 Å². The Kier molecular flexibility index (Phi) is 3.74. The minimum absolute atomic E-state index is 0.0643. The fourth-order valence-electron chi connectivity index (χ4n) is 6.85. The molecule has 4 nitrogen and oxygen atoms in total. The van der Waals surface area contributed by atoms with Gasteiger partial charge in [-0.1, -0.05) is 37.6 Å². The lowest BCUT2D eigenvalue weighted by Crippen LogP contribution is -2.55. The van der Waals surface area contributed by atoms with Crippen molar-refractivity contribution in [3.63, 3.8) is 0 Å². The molecule has 0 spiro atoms. The third-order valence-electron chi connectivity index (χ3n) is 8.50. The van der Waals surface area contributed by atoms with Crippen molar-refractivity contribution < 1.29 is 10.2 Å². The van der Waals surface area contributed by atoms with Crippen LogP contribution in [0.4, 0.5) is 0 Å². The van der Waals surface area contributed by atoms with Crippen LogP contribution >= 0.6 is 0 Å². The van der Waals surface area contributed by atoms with Gasteiger partial charge in [-0.05, 0) is 66.8 Å². The summed E-state index contributed by atoms with van der Waals surface area (Å²) in [4.78, 5) is 8.66. The second-order valence-electron chi connectivity index (χ2n) is 9.85. The molecule has 2 saturated carbocycles. The molecule has 1 aromatic rings. The summed E-state index contributed by atoms with van der Waals surface area (Å²) in [6.45, 7) is 4.75. The smallest absolute Gasteiger partial charge is 0.160 e. The Bertz CT molecular complexity index is 806. The number of fused-ring (bicyclic) bond motifs is 5. The molecule has 4 heteroatoms. The number of hydrogen-bond donors (Lipinski definition) is 2. The summed E-state index contributed by atoms with van der Waals surface area (Å²) >= 11 is 0. The van der Waals surface area contributed by atoms with Crippen LogP contribution in [-0.2, 0) is 5.60 Å². The maximum absolute atomic E-state index is 11.3. The number of aromatic nitrogens is 2. The van der Waals surface area contributed by atoms with Gasteiger partial charge in [0.1, 0.15) is 5.60 Å². The predicted octanol–water partition coefficient (Wildman–Crippen LogP) is 3.76. The van der Waals surface area contributed by atoms with Crippen molar-refractivity contribution in [2.75, 3.05) is 0 Å². The lowest BCUT2D eigenvalue weighted by Gasteiger charge is -2.59. The van der Waals surface area contributed by atoms with E-state index in [4.69, 9.17) is 0 Å². The Morgan fingerprint density at radius 1 is 1.07 bits per heavy atom. The molecule has 144 valence electrons. The van der Waals surface area contributed by atoms with Crippen LogP contribution in [0, 0.1) is 28.6 Å². The van der Waals surface area contributed by atoms with Gasteiger partial charge in [-0.15, -0.1) is 0 Å². The number of hydrogen-bond acceptors (Lipinski definition) is 4. The second-order valence-corrected chi connectivity index (χ2v) is 9.85. The van der Waals surface area contributed by atoms with Gasteiger partial charge >= 0.3 is 0 Å². The quantitative estimate of drug-likeness (QED) is 0.743. The zero-order valence-electron chi connectivity index (χ0n) is 16.3. The fraction of sp³-hybridized carbons (Fsp3) is 0.652. The zero-order valence-corrected chi connectivity index (χ0v) is 16.3. The monoisotopic (exact) mass is 366 g/mol. The maximum Gasteiger partial charge on any atom is 0.160 e. The third kappa shape index (κ3) is 2.42. The first-order chi connectivity index (χ1) is 12.9. The first kappa shape index (κ1) is 17.6. The Balaban J connectivity index is 1.51. The third-order valence-corrected chi connectivity index (χ3v) is 8.50. The number of rotatable bonds is 1. The fourth-order valence-corrected chi connectivity index (χ4v) is 6.85. The van der Waals surface area contributed by atoms with Crippen LogP contribution in [-0.4, -0.2) is 26.3 Å². The standard InChI is InChI=1S/C23H30N2O2/c1-21-7-3-5-16(21)19-17(6-8-21)22(2)9-10-23(27,14-15(22)13-18(19)26)20-24-11-4-12-25-20/h3-4,7,11-13,16-19,26-27H,5-6,8-10,14H2,1-2H3/t16-,17-,18?,19-,21-,22-,23?/m0/s1. The summed E-state index contributed by atoms with van der Waals surface area (Å²) in [7, 11) is 0. The van der Waals surface area contributed by atoms with Crippen LogP contribution in [0.3, 0.4) is 0 Å². The predicted molar refractivity (Wildman–Crippen MR) is 104 cm³/mol. The van der Waals surface area contributed by atoms with Crippen LogP contribution in [0.5, 0.6) is 0 Å². The van der Waals surface area contributed by atoms with Gasteiger partial charge in [-0.25, -0.2) is 9.97 Å². The van der Waals surface area contributed by atoms with Crippen LogP contribution < -0.4 is 0 Å². The van der Waals surface area contributed by atoms with Gasteiger partial charge < -0.3 is 10.2 Å². The van der Waals surface area contributed by atoms with E-state index in [-0.39, 0.29) is 10.8 Å². The highest BCUT2D eigenvalue weighted by Gasteiger charge is 2.59. The van der Waals surface area contributed by atoms with Crippen LogP contribution in [0.2, 0.25) is 0 Å². The molecule has 27 heavy (non-hydrogen) atoms. The van der Waals surface area contributed by atoms with Crippen molar-refractivity contribution in [3.8, 4) is 0 Å². The SMILES string of the molecule is C[C@@]12C=CC[C@H]1[C@@H]1C(O)C=C3CC(O)(c4ncccn4)CC[C@]3(C)[C@H]1CC2. The molecule has 0 bridgehead atoms. The first-order valence-electron chi connectivity index (χ1n) is 10.4. The molecule has 1 aromatic heterocycles. The summed E-state index contributed by atoms with van der Waals surface area (Å²) in [5.41, 5.74) is 0.510. The van der Waals surface area contributed by atoms with Crippen LogP contribution in [0.15, 0.2) is 42.3 Å². The Morgan fingerprint density at radius 2 is 1.85 bits per heavy atom. The number of aliphatic hydroxyl groups excluding tert-OH is 1. The average molecular weight is 367 g/mol. The van der Waals surface area contributed by atoms with Gasteiger partial charge in [0.05, 0.1) is 6.10 Å². The van der Waals surface area contributed by atoms with E-state index in [9.17, 15) is 10.2 Å². The summed E-state index contributed by atoms with van der Waals surface area (Å²) in [6.07, 6.45) is 15.4. The van der Waals surface area contributed by atoms with Gasteiger partial charge in [0.25, 0.3) is 0 Å². The lowest BCUT2D eigenvalue weighted by molar-refractivity contribution is -0.0936. The molecule has 0 radical (unpaired) electrons. The molecule has 0 saturated heterocycles. The molecule has 7 atom stereocenters. The molecule has 4 aliphatic carbocycles. The molecule has 2 unspecified atom stereocenters. The van der Waals surface area contributed by atoms with Crippen molar-refractivity contribution in [1.29, 1.82) is 0 Å². The summed E-state index contributed by atoms with van der Waals surface area (Å²) in [5.74, 6) is 1.87.